The Morgan fingerprint density at radius 3 is 2.65 bits per heavy atom. The van der Waals surface area contributed by atoms with E-state index in [0.717, 1.165) is 12.2 Å². The van der Waals surface area contributed by atoms with Crippen LogP contribution in [0, 0.1) is 12.8 Å². The molecule has 0 N–H and O–H groups in total. The predicted octanol–water partition coefficient (Wildman–Crippen LogP) is 3.64. The Bertz CT molecular complexity index is 697. The highest BCUT2D eigenvalue weighted by Crippen LogP contribution is 2.32. The van der Waals surface area contributed by atoms with E-state index in [4.69, 9.17) is 0 Å². The van der Waals surface area contributed by atoms with Gasteiger partial charge in [-0.2, -0.15) is 4.57 Å². The zero-order chi connectivity index (χ0) is 16.4. The summed E-state index contributed by atoms with van der Waals surface area (Å²) in [6.45, 7) is 7.21. The van der Waals surface area contributed by atoms with Gasteiger partial charge in [-0.1, -0.05) is 43.3 Å². The minimum atomic E-state index is 0.0439. The topological polar surface area (TPSA) is 24.2 Å². The number of aromatic nitrogens is 1. The lowest BCUT2D eigenvalue weighted by Gasteiger charge is -2.22. The SMILES string of the molecule is Cc1ccc(-c2cccc[n+]2C2SCC(=O)N2CC(C)C)cc1. The van der Waals surface area contributed by atoms with Crippen molar-refractivity contribution in [2.75, 3.05) is 12.3 Å². The first-order valence-corrected chi connectivity index (χ1v) is 9.09. The number of hydrogen-bond donors (Lipinski definition) is 0. The zero-order valence-electron chi connectivity index (χ0n) is 13.9. The average Bonchev–Trinajstić information content (AvgIpc) is 2.88. The van der Waals surface area contributed by atoms with Crippen LogP contribution in [0.15, 0.2) is 48.7 Å². The summed E-state index contributed by atoms with van der Waals surface area (Å²) in [6, 6.07) is 14.8. The van der Waals surface area contributed by atoms with E-state index in [-0.39, 0.29) is 11.4 Å². The van der Waals surface area contributed by atoms with E-state index in [1.807, 2.05) is 11.0 Å². The molecule has 3 rings (SSSR count). The van der Waals surface area contributed by atoms with Crippen LogP contribution in [-0.4, -0.2) is 23.1 Å². The number of pyridine rings is 1. The molecule has 1 aliphatic heterocycles. The van der Waals surface area contributed by atoms with E-state index < -0.39 is 0 Å². The van der Waals surface area contributed by atoms with Gasteiger partial charge in [-0.25, -0.2) is 0 Å². The minimum Gasteiger partial charge on any atom is -0.274 e. The van der Waals surface area contributed by atoms with E-state index in [0.29, 0.717) is 11.7 Å². The molecule has 1 aromatic carbocycles. The van der Waals surface area contributed by atoms with Crippen molar-refractivity contribution < 1.29 is 9.36 Å². The lowest BCUT2D eigenvalue weighted by molar-refractivity contribution is -0.705. The normalized spacial score (nSPS) is 18.0. The van der Waals surface area contributed by atoms with E-state index in [9.17, 15) is 4.79 Å². The third-order valence-electron chi connectivity index (χ3n) is 3.98. The van der Waals surface area contributed by atoms with Gasteiger partial charge < -0.3 is 0 Å². The van der Waals surface area contributed by atoms with Gasteiger partial charge in [0.2, 0.25) is 11.6 Å². The largest absolute Gasteiger partial charge is 0.285 e. The van der Waals surface area contributed by atoms with Crippen molar-refractivity contribution in [1.82, 2.24) is 4.90 Å². The van der Waals surface area contributed by atoms with Gasteiger partial charge in [0.1, 0.15) is 0 Å². The van der Waals surface area contributed by atoms with Crippen LogP contribution in [0.2, 0.25) is 0 Å². The number of amides is 1. The van der Waals surface area contributed by atoms with E-state index in [1.54, 1.807) is 11.8 Å². The summed E-state index contributed by atoms with van der Waals surface area (Å²) in [7, 11) is 0. The molecule has 2 aromatic rings. The maximum atomic E-state index is 12.3. The van der Waals surface area contributed by atoms with Crippen LogP contribution >= 0.6 is 11.8 Å². The maximum absolute atomic E-state index is 12.3. The monoisotopic (exact) mass is 327 g/mol. The number of hydrogen-bond acceptors (Lipinski definition) is 2. The van der Waals surface area contributed by atoms with Gasteiger partial charge in [0.25, 0.3) is 5.50 Å². The highest BCUT2D eigenvalue weighted by molar-refractivity contribution is 8.00. The minimum absolute atomic E-state index is 0.0439. The average molecular weight is 327 g/mol. The molecule has 1 aromatic heterocycles. The first-order valence-electron chi connectivity index (χ1n) is 8.04. The molecule has 1 atom stereocenters. The molecule has 1 aliphatic rings. The van der Waals surface area contributed by atoms with Crippen LogP contribution in [0.5, 0.6) is 0 Å². The number of carbonyl (C=O) groups is 1. The van der Waals surface area contributed by atoms with Crippen LogP contribution in [0.1, 0.15) is 24.9 Å². The number of benzene rings is 1. The first-order chi connectivity index (χ1) is 11.1. The summed E-state index contributed by atoms with van der Waals surface area (Å²) in [6.07, 6.45) is 2.08. The molecule has 23 heavy (non-hydrogen) atoms. The molecule has 1 saturated heterocycles. The third-order valence-corrected chi connectivity index (χ3v) is 5.17. The van der Waals surface area contributed by atoms with Crippen LogP contribution < -0.4 is 4.57 Å². The zero-order valence-corrected chi connectivity index (χ0v) is 14.7. The van der Waals surface area contributed by atoms with Gasteiger partial charge in [-0.05, 0) is 31.0 Å². The Kier molecular flexibility index (Phi) is 4.71. The molecule has 4 heteroatoms. The van der Waals surface area contributed by atoms with Crippen molar-refractivity contribution in [2.45, 2.75) is 26.3 Å². The Morgan fingerprint density at radius 2 is 1.96 bits per heavy atom. The maximum Gasteiger partial charge on any atom is 0.285 e. The lowest BCUT2D eigenvalue weighted by atomic mass is 10.1. The number of carbonyl (C=O) groups excluding carboxylic acids is 1. The second kappa shape index (κ2) is 6.75. The molecule has 120 valence electrons. The van der Waals surface area contributed by atoms with E-state index >= 15 is 0 Å². The molecule has 1 unspecified atom stereocenters. The summed E-state index contributed by atoms with van der Waals surface area (Å²) >= 11 is 1.70. The highest BCUT2D eigenvalue weighted by Gasteiger charge is 2.39. The summed E-state index contributed by atoms with van der Waals surface area (Å²) in [5, 5.41) is 0. The van der Waals surface area contributed by atoms with Crippen molar-refractivity contribution in [3.05, 3.63) is 54.2 Å². The van der Waals surface area contributed by atoms with Crippen LogP contribution in [0.4, 0.5) is 0 Å². The van der Waals surface area contributed by atoms with Gasteiger partial charge in [-0.15, -0.1) is 0 Å². The molecule has 0 radical (unpaired) electrons. The summed E-state index contributed by atoms with van der Waals surface area (Å²) < 4.78 is 2.22. The third kappa shape index (κ3) is 3.42. The van der Waals surface area contributed by atoms with Crippen LogP contribution in [0.25, 0.3) is 11.3 Å². The molecule has 3 nitrogen and oxygen atoms in total. The Morgan fingerprint density at radius 1 is 1.22 bits per heavy atom. The second-order valence-electron chi connectivity index (χ2n) is 6.44. The summed E-state index contributed by atoms with van der Waals surface area (Å²) in [5.74, 6) is 1.26. The van der Waals surface area contributed by atoms with Crippen molar-refractivity contribution in [2.24, 2.45) is 5.92 Å². The molecule has 1 fully saturated rings. The van der Waals surface area contributed by atoms with Gasteiger partial charge >= 0.3 is 0 Å². The van der Waals surface area contributed by atoms with Crippen molar-refractivity contribution in [3.8, 4) is 11.3 Å². The van der Waals surface area contributed by atoms with Gasteiger partial charge in [0.05, 0.1) is 5.75 Å². The smallest absolute Gasteiger partial charge is 0.274 e. The summed E-state index contributed by atoms with van der Waals surface area (Å²) in [4.78, 5) is 14.3. The molecule has 0 saturated carbocycles. The van der Waals surface area contributed by atoms with Crippen LogP contribution in [-0.2, 0) is 4.79 Å². The predicted molar refractivity (Wildman–Crippen MR) is 94.9 cm³/mol. The molecule has 0 aliphatic carbocycles. The number of nitrogens with zero attached hydrogens (tertiary/aromatic N) is 2. The van der Waals surface area contributed by atoms with Crippen molar-refractivity contribution in [1.29, 1.82) is 0 Å². The first kappa shape index (κ1) is 16.1. The van der Waals surface area contributed by atoms with E-state index in [1.165, 1.54) is 11.1 Å². The second-order valence-corrected chi connectivity index (χ2v) is 7.48. The van der Waals surface area contributed by atoms with Crippen LogP contribution in [0.3, 0.4) is 0 Å². The fourth-order valence-corrected chi connectivity index (χ4v) is 4.06. The van der Waals surface area contributed by atoms with Gasteiger partial charge in [0, 0.05) is 24.2 Å². The van der Waals surface area contributed by atoms with Crippen molar-refractivity contribution >= 4 is 17.7 Å². The molecular formula is C19H23N2OS+. The molecular weight excluding hydrogens is 304 g/mol. The molecule has 0 bridgehead atoms. The highest BCUT2D eigenvalue weighted by atomic mass is 32.2. The van der Waals surface area contributed by atoms with E-state index in [2.05, 4.69) is 67.9 Å². The fourth-order valence-electron chi connectivity index (χ4n) is 2.88. The lowest BCUT2D eigenvalue weighted by Crippen LogP contribution is -2.48. The fraction of sp³-hybridized carbons (Fsp3) is 0.368. The molecule has 1 amide bonds. The Hall–Kier alpha value is -1.81. The number of aryl methyl sites for hydroxylation is 1. The van der Waals surface area contributed by atoms with Crippen molar-refractivity contribution in [3.63, 3.8) is 0 Å². The van der Waals surface area contributed by atoms with Gasteiger partial charge in [0.15, 0.2) is 6.20 Å². The standard InChI is InChI=1S/C19H23N2OS/c1-14(2)12-21-18(22)13-23-19(21)20-11-5-4-6-17(20)16-9-7-15(3)8-10-16/h4-11,14,19H,12-13H2,1-3H3/q+1. The quantitative estimate of drug-likeness (QED) is 0.801. The number of rotatable bonds is 4. The van der Waals surface area contributed by atoms with Gasteiger partial charge in [-0.3, -0.25) is 9.69 Å². The Balaban J connectivity index is 1.99. The molecule has 2 heterocycles. The summed E-state index contributed by atoms with van der Waals surface area (Å²) in [5.41, 5.74) is 3.62. The number of thioether (sulfide) groups is 1. The Labute approximate surface area is 142 Å². The molecule has 0 spiro atoms.